The van der Waals surface area contributed by atoms with Crippen molar-refractivity contribution in [2.24, 2.45) is 5.73 Å². The monoisotopic (exact) mass is 247 g/mol. The van der Waals surface area contributed by atoms with Gasteiger partial charge >= 0.3 is 5.97 Å². The summed E-state index contributed by atoms with van der Waals surface area (Å²) >= 11 is 11.8. The number of rotatable bonds is 3. The molecule has 0 aromatic heterocycles. The Balaban J connectivity index is 2.86. The molecule has 1 rings (SSSR count). The van der Waals surface area contributed by atoms with Crippen LogP contribution < -0.4 is 5.73 Å². The molecule has 5 heteroatoms. The number of halogens is 2. The number of carbonyl (C=O) groups excluding carboxylic acids is 1. The number of nitrogens with two attached hydrogens (primary N) is 1. The molecule has 0 radical (unpaired) electrons. The van der Waals surface area contributed by atoms with Crippen LogP contribution in [0.2, 0.25) is 10.0 Å². The van der Waals surface area contributed by atoms with Gasteiger partial charge in [-0.15, -0.1) is 0 Å². The van der Waals surface area contributed by atoms with Crippen LogP contribution in [0, 0.1) is 0 Å². The quantitative estimate of drug-likeness (QED) is 0.836. The number of ether oxygens (including phenoxy) is 1. The zero-order chi connectivity index (χ0) is 11.4. The third-order valence-corrected chi connectivity index (χ3v) is 2.83. The smallest absolute Gasteiger partial charge is 0.307 e. The van der Waals surface area contributed by atoms with Crippen molar-refractivity contribution in [2.75, 3.05) is 7.11 Å². The van der Waals surface area contributed by atoms with E-state index in [1.165, 1.54) is 7.11 Å². The molecule has 0 saturated heterocycles. The number of benzene rings is 1. The maximum atomic E-state index is 11.0. The third-order valence-electron chi connectivity index (χ3n) is 2.00. The van der Waals surface area contributed by atoms with Gasteiger partial charge < -0.3 is 10.5 Å². The van der Waals surface area contributed by atoms with Crippen LogP contribution in [0.1, 0.15) is 18.0 Å². The number of methoxy groups -OCH3 is 1. The SMILES string of the molecule is COC(=O)C[C@@H](N)c1cccc(Cl)c1Cl. The Bertz CT molecular complexity index is 368. The minimum atomic E-state index is -0.497. The first kappa shape index (κ1) is 12.3. The first-order valence-electron chi connectivity index (χ1n) is 4.32. The fourth-order valence-electron chi connectivity index (χ4n) is 1.18. The second-order valence-electron chi connectivity index (χ2n) is 3.03. The van der Waals surface area contributed by atoms with E-state index in [0.29, 0.717) is 15.6 Å². The van der Waals surface area contributed by atoms with Gasteiger partial charge in [0.15, 0.2) is 0 Å². The zero-order valence-electron chi connectivity index (χ0n) is 8.17. The van der Waals surface area contributed by atoms with Gasteiger partial charge in [-0.05, 0) is 11.6 Å². The Morgan fingerprint density at radius 2 is 2.20 bits per heavy atom. The summed E-state index contributed by atoms with van der Waals surface area (Å²) in [5.74, 6) is -0.376. The predicted molar refractivity (Wildman–Crippen MR) is 60.0 cm³/mol. The van der Waals surface area contributed by atoms with E-state index in [4.69, 9.17) is 28.9 Å². The minimum Gasteiger partial charge on any atom is -0.469 e. The van der Waals surface area contributed by atoms with Gasteiger partial charge in [-0.1, -0.05) is 35.3 Å². The van der Waals surface area contributed by atoms with Crippen molar-refractivity contribution in [1.82, 2.24) is 0 Å². The molecule has 0 amide bonds. The maximum Gasteiger partial charge on any atom is 0.307 e. The van der Waals surface area contributed by atoms with E-state index in [0.717, 1.165) is 0 Å². The van der Waals surface area contributed by atoms with Crippen molar-refractivity contribution in [3.8, 4) is 0 Å². The third kappa shape index (κ3) is 3.09. The van der Waals surface area contributed by atoms with E-state index in [2.05, 4.69) is 4.74 Å². The summed E-state index contributed by atoms with van der Waals surface area (Å²) in [4.78, 5) is 11.0. The highest BCUT2D eigenvalue weighted by molar-refractivity contribution is 6.42. The normalized spacial score (nSPS) is 12.3. The maximum absolute atomic E-state index is 11.0. The summed E-state index contributed by atoms with van der Waals surface area (Å²) < 4.78 is 4.52. The van der Waals surface area contributed by atoms with E-state index in [-0.39, 0.29) is 12.4 Å². The Hall–Kier alpha value is -0.770. The second-order valence-corrected chi connectivity index (χ2v) is 3.81. The molecule has 1 atom stereocenters. The van der Waals surface area contributed by atoms with Crippen molar-refractivity contribution in [3.63, 3.8) is 0 Å². The first-order valence-corrected chi connectivity index (χ1v) is 5.08. The molecule has 0 unspecified atom stereocenters. The lowest BCUT2D eigenvalue weighted by atomic mass is 10.0. The van der Waals surface area contributed by atoms with Crippen LogP contribution in [0.5, 0.6) is 0 Å². The van der Waals surface area contributed by atoms with Crippen LogP contribution in [0.3, 0.4) is 0 Å². The van der Waals surface area contributed by atoms with Crippen LogP contribution in [0.15, 0.2) is 18.2 Å². The van der Waals surface area contributed by atoms with Crippen LogP contribution >= 0.6 is 23.2 Å². The molecule has 0 aliphatic rings. The highest BCUT2D eigenvalue weighted by Gasteiger charge is 2.15. The van der Waals surface area contributed by atoms with Gasteiger partial charge in [0.25, 0.3) is 0 Å². The molecule has 15 heavy (non-hydrogen) atoms. The van der Waals surface area contributed by atoms with E-state index in [1.807, 2.05) is 0 Å². The fourth-order valence-corrected chi connectivity index (χ4v) is 1.63. The molecule has 0 aliphatic carbocycles. The average molecular weight is 248 g/mol. The van der Waals surface area contributed by atoms with Crippen LogP contribution in [-0.2, 0) is 9.53 Å². The summed E-state index contributed by atoms with van der Waals surface area (Å²) in [5, 5.41) is 0.810. The zero-order valence-corrected chi connectivity index (χ0v) is 9.68. The standard InChI is InChI=1S/C10H11Cl2NO2/c1-15-9(14)5-8(13)6-3-2-4-7(11)10(6)12/h2-4,8H,5,13H2,1H3/t8-/m1/s1. The topological polar surface area (TPSA) is 52.3 Å². The van der Waals surface area contributed by atoms with Crippen molar-refractivity contribution in [1.29, 1.82) is 0 Å². The fraction of sp³-hybridized carbons (Fsp3) is 0.300. The number of hydrogen-bond donors (Lipinski definition) is 1. The molecule has 0 fully saturated rings. The first-order chi connectivity index (χ1) is 7.06. The second kappa shape index (κ2) is 5.35. The molecule has 1 aromatic carbocycles. The van der Waals surface area contributed by atoms with Gasteiger partial charge in [0, 0.05) is 6.04 Å². The van der Waals surface area contributed by atoms with E-state index in [9.17, 15) is 4.79 Å². The largest absolute Gasteiger partial charge is 0.469 e. The van der Waals surface area contributed by atoms with Gasteiger partial charge in [0.05, 0.1) is 23.6 Å². The molecule has 0 spiro atoms. The molecule has 2 N–H and O–H groups in total. The number of esters is 1. The van der Waals surface area contributed by atoms with Crippen molar-refractivity contribution < 1.29 is 9.53 Å². The number of hydrogen-bond acceptors (Lipinski definition) is 3. The Labute approximate surface area is 98.1 Å². The summed E-state index contributed by atoms with van der Waals surface area (Å²) in [6.45, 7) is 0. The molecule has 3 nitrogen and oxygen atoms in total. The summed E-state index contributed by atoms with van der Waals surface area (Å²) in [7, 11) is 1.31. The van der Waals surface area contributed by atoms with Gasteiger partial charge in [0.2, 0.25) is 0 Å². The van der Waals surface area contributed by atoms with Gasteiger partial charge in [-0.2, -0.15) is 0 Å². The van der Waals surface area contributed by atoms with E-state index < -0.39 is 6.04 Å². The summed E-state index contributed by atoms with van der Waals surface area (Å²) in [6, 6.07) is 4.64. The Kier molecular flexibility index (Phi) is 4.39. The summed E-state index contributed by atoms with van der Waals surface area (Å²) in [6.07, 6.45) is 0.0799. The van der Waals surface area contributed by atoms with Crippen LogP contribution in [0.4, 0.5) is 0 Å². The van der Waals surface area contributed by atoms with Gasteiger partial charge in [-0.25, -0.2) is 0 Å². The number of carbonyl (C=O) groups is 1. The average Bonchev–Trinajstić information content (AvgIpc) is 2.21. The highest BCUT2D eigenvalue weighted by atomic mass is 35.5. The molecule has 1 aromatic rings. The van der Waals surface area contributed by atoms with E-state index in [1.54, 1.807) is 18.2 Å². The molecular weight excluding hydrogens is 237 g/mol. The van der Waals surface area contributed by atoms with Crippen LogP contribution in [0.25, 0.3) is 0 Å². The van der Waals surface area contributed by atoms with Crippen molar-refractivity contribution in [2.45, 2.75) is 12.5 Å². The molecule has 0 aliphatic heterocycles. The molecule has 0 heterocycles. The molecule has 82 valence electrons. The lowest BCUT2D eigenvalue weighted by Crippen LogP contribution is -2.16. The van der Waals surface area contributed by atoms with Crippen molar-refractivity contribution in [3.05, 3.63) is 33.8 Å². The molecular formula is C10H11Cl2NO2. The highest BCUT2D eigenvalue weighted by Crippen LogP contribution is 2.30. The minimum absolute atomic E-state index is 0.0799. The molecule has 0 bridgehead atoms. The van der Waals surface area contributed by atoms with Gasteiger partial charge in [-0.3, -0.25) is 4.79 Å². The Morgan fingerprint density at radius 1 is 1.53 bits per heavy atom. The van der Waals surface area contributed by atoms with Crippen molar-refractivity contribution >= 4 is 29.2 Å². The predicted octanol–water partition coefficient (Wildman–Crippen LogP) is 2.56. The lowest BCUT2D eigenvalue weighted by molar-refractivity contribution is -0.141. The lowest BCUT2D eigenvalue weighted by Gasteiger charge is -2.12. The van der Waals surface area contributed by atoms with E-state index >= 15 is 0 Å². The summed E-state index contributed by atoms with van der Waals surface area (Å²) in [5.41, 5.74) is 6.45. The Morgan fingerprint density at radius 3 is 2.80 bits per heavy atom. The van der Waals surface area contributed by atoms with Gasteiger partial charge in [0.1, 0.15) is 0 Å². The van der Waals surface area contributed by atoms with Crippen LogP contribution in [-0.4, -0.2) is 13.1 Å². The molecule has 0 saturated carbocycles.